The quantitative estimate of drug-likeness (QED) is 0.104. The zero-order valence-corrected chi connectivity index (χ0v) is 29.0. The molecule has 1 heterocycles. The van der Waals surface area contributed by atoms with Gasteiger partial charge in [-0.2, -0.15) is 0 Å². The first-order valence-corrected chi connectivity index (χ1v) is 17.3. The van der Waals surface area contributed by atoms with E-state index in [0.717, 1.165) is 44.1 Å². The molecule has 0 N–H and O–H groups in total. The smallest absolute Gasteiger partial charge is 0.308 e. The Morgan fingerprint density at radius 1 is 0.935 bits per heavy atom. The number of rotatable bonds is 18. The van der Waals surface area contributed by atoms with Crippen molar-refractivity contribution in [3.05, 3.63) is 107 Å². The van der Waals surface area contributed by atoms with Crippen molar-refractivity contribution in [2.75, 3.05) is 20.3 Å². The van der Waals surface area contributed by atoms with Crippen LogP contribution in [-0.4, -0.2) is 38.2 Å². The Balaban J connectivity index is 1.61. The van der Waals surface area contributed by atoms with Crippen LogP contribution < -0.4 is 0 Å². The lowest BCUT2D eigenvalue weighted by molar-refractivity contribution is -0.145. The Kier molecular flexibility index (Phi) is 13.4. The molecule has 1 aliphatic heterocycles. The molecule has 1 aliphatic rings. The van der Waals surface area contributed by atoms with Crippen LogP contribution >= 0.6 is 0 Å². The predicted octanol–water partition coefficient (Wildman–Crippen LogP) is 9.62. The molecule has 0 aromatic heterocycles. The summed E-state index contributed by atoms with van der Waals surface area (Å²) in [5, 5.41) is 0. The van der Waals surface area contributed by atoms with Crippen LogP contribution in [0, 0.1) is 11.8 Å². The van der Waals surface area contributed by atoms with Crippen molar-refractivity contribution in [3.8, 4) is 0 Å². The van der Waals surface area contributed by atoms with Crippen LogP contribution in [0.4, 0.5) is 0 Å². The largest absolute Gasteiger partial charge is 0.469 e. The molecule has 0 spiro atoms. The molecular weight excluding hydrogens is 572 g/mol. The number of esters is 1. The lowest BCUT2D eigenvalue weighted by Gasteiger charge is -2.40. The number of carbonyl (C=O) groups is 1. The van der Waals surface area contributed by atoms with Gasteiger partial charge in [0.25, 0.3) is 0 Å². The molecule has 4 rings (SSSR count). The number of hydrogen-bond acceptors (Lipinski definition) is 5. The van der Waals surface area contributed by atoms with E-state index in [0.29, 0.717) is 38.1 Å². The fourth-order valence-electron chi connectivity index (χ4n) is 7.05. The monoisotopic (exact) mass is 628 g/mol. The van der Waals surface area contributed by atoms with Gasteiger partial charge in [-0.25, -0.2) is 0 Å². The molecule has 1 saturated heterocycles. The molecule has 250 valence electrons. The second-order valence-corrected chi connectivity index (χ2v) is 13.8. The first-order valence-electron chi connectivity index (χ1n) is 17.3. The third-order valence-electron chi connectivity index (χ3n) is 9.71. The third-order valence-corrected chi connectivity index (χ3v) is 9.71. The zero-order valence-electron chi connectivity index (χ0n) is 29.0. The van der Waals surface area contributed by atoms with Crippen molar-refractivity contribution in [1.29, 1.82) is 0 Å². The highest BCUT2D eigenvalue weighted by atomic mass is 16.7. The lowest BCUT2D eigenvalue weighted by atomic mass is 9.63. The number of carbonyl (C=O) groups excluding carboxylic acids is 1. The van der Waals surface area contributed by atoms with Gasteiger partial charge in [0, 0.05) is 12.0 Å². The van der Waals surface area contributed by atoms with E-state index in [-0.39, 0.29) is 18.0 Å². The molecule has 0 radical (unpaired) electrons. The molecule has 0 bridgehead atoms. The Morgan fingerprint density at radius 2 is 1.63 bits per heavy atom. The summed E-state index contributed by atoms with van der Waals surface area (Å²) in [6.07, 6.45) is 6.95. The first-order chi connectivity index (χ1) is 22.2. The average Bonchev–Trinajstić information content (AvgIpc) is 3.43. The summed E-state index contributed by atoms with van der Waals surface area (Å²) in [4.78, 5) is 13.0. The van der Waals surface area contributed by atoms with Crippen molar-refractivity contribution in [3.63, 3.8) is 0 Å². The maximum absolute atomic E-state index is 13.0. The Labute approximate surface area is 278 Å². The minimum atomic E-state index is -0.467. The van der Waals surface area contributed by atoms with Crippen LogP contribution in [0.1, 0.15) is 108 Å². The number of unbranched alkanes of at least 4 members (excludes halogenated alkanes) is 1. The molecule has 5 heteroatoms. The van der Waals surface area contributed by atoms with Crippen LogP contribution in [0.15, 0.2) is 84.9 Å². The average molecular weight is 629 g/mol. The molecular formula is C41H56O5. The zero-order chi connectivity index (χ0) is 33.0. The van der Waals surface area contributed by atoms with Gasteiger partial charge in [0.15, 0.2) is 5.79 Å². The van der Waals surface area contributed by atoms with Gasteiger partial charge in [0.1, 0.15) is 0 Å². The first kappa shape index (κ1) is 35.9. The molecule has 5 atom stereocenters. The molecule has 1 fully saturated rings. The summed E-state index contributed by atoms with van der Waals surface area (Å²) in [7, 11) is 1.49. The second kappa shape index (κ2) is 17.2. The van der Waals surface area contributed by atoms with Gasteiger partial charge in [-0.1, -0.05) is 112 Å². The molecule has 5 unspecified atom stereocenters. The maximum Gasteiger partial charge on any atom is 0.308 e. The van der Waals surface area contributed by atoms with Crippen LogP contribution in [-0.2, 0) is 35.8 Å². The topological polar surface area (TPSA) is 54.0 Å². The third kappa shape index (κ3) is 10.0. The summed E-state index contributed by atoms with van der Waals surface area (Å²) < 4.78 is 23.1. The highest BCUT2D eigenvalue weighted by molar-refractivity contribution is 5.72. The highest BCUT2D eigenvalue weighted by Crippen LogP contribution is 2.47. The van der Waals surface area contributed by atoms with Gasteiger partial charge in [-0.15, -0.1) is 0 Å². The summed E-state index contributed by atoms with van der Waals surface area (Å²) in [6, 6.07) is 30.6. The number of methoxy groups -OCH3 is 1. The van der Waals surface area contributed by atoms with E-state index in [9.17, 15) is 4.79 Å². The summed E-state index contributed by atoms with van der Waals surface area (Å²) in [6.45, 7) is 12.5. The standard InChI is InChI=1S/C41H56O5/c1-7-31(2)25-35(34-18-10-8-11-19-34)28-41(27-32(3)39(42)43-6,36-20-12-9-13-21-36)37-22-16-17-33(26-37)29-44-24-15-14-23-38-30-45-40(4,5)46-38/h8-13,16-22,26,31-32,35,38H,7,14-15,23-25,27-30H2,1-6H3. The molecule has 3 aromatic rings. The van der Waals surface area contributed by atoms with Crippen molar-refractivity contribution >= 4 is 5.97 Å². The van der Waals surface area contributed by atoms with Gasteiger partial charge in [0.2, 0.25) is 0 Å². The van der Waals surface area contributed by atoms with Crippen molar-refractivity contribution in [1.82, 2.24) is 0 Å². The van der Waals surface area contributed by atoms with E-state index >= 15 is 0 Å². The minimum absolute atomic E-state index is 0.170. The van der Waals surface area contributed by atoms with E-state index in [4.69, 9.17) is 18.9 Å². The Morgan fingerprint density at radius 3 is 2.28 bits per heavy atom. The Hall–Kier alpha value is -2.99. The molecule has 46 heavy (non-hydrogen) atoms. The van der Waals surface area contributed by atoms with E-state index in [2.05, 4.69) is 98.8 Å². The molecule has 0 aliphatic carbocycles. The van der Waals surface area contributed by atoms with E-state index < -0.39 is 11.2 Å². The normalized spacial score (nSPS) is 19.2. The van der Waals surface area contributed by atoms with Gasteiger partial charge >= 0.3 is 5.97 Å². The Bertz CT molecular complexity index is 1320. The lowest BCUT2D eigenvalue weighted by Crippen LogP contribution is -2.35. The van der Waals surface area contributed by atoms with Crippen LogP contribution in [0.5, 0.6) is 0 Å². The summed E-state index contributed by atoms with van der Waals surface area (Å²) >= 11 is 0. The SMILES string of the molecule is CCC(C)CC(CC(CC(C)C(=O)OC)(c1ccccc1)c1cccc(COCCCCC2COC(C)(C)O2)c1)c1ccccc1. The highest BCUT2D eigenvalue weighted by Gasteiger charge is 2.40. The molecule has 0 saturated carbocycles. The van der Waals surface area contributed by atoms with Crippen LogP contribution in [0.2, 0.25) is 0 Å². The van der Waals surface area contributed by atoms with Crippen LogP contribution in [0.25, 0.3) is 0 Å². The van der Waals surface area contributed by atoms with Gasteiger partial charge < -0.3 is 18.9 Å². The molecule has 0 amide bonds. The maximum atomic E-state index is 13.0. The van der Waals surface area contributed by atoms with Crippen molar-refractivity contribution < 1.29 is 23.7 Å². The number of hydrogen-bond donors (Lipinski definition) is 0. The number of ether oxygens (including phenoxy) is 4. The second-order valence-electron chi connectivity index (χ2n) is 13.8. The fraction of sp³-hybridized carbons (Fsp3) is 0.537. The fourth-order valence-corrected chi connectivity index (χ4v) is 7.05. The summed E-state index contributed by atoms with van der Waals surface area (Å²) in [5.74, 6) is -0.0109. The van der Waals surface area contributed by atoms with Gasteiger partial charge in [0.05, 0.1) is 32.3 Å². The van der Waals surface area contributed by atoms with Crippen LogP contribution in [0.3, 0.4) is 0 Å². The molecule has 5 nitrogen and oxygen atoms in total. The van der Waals surface area contributed by atoms with Gasteiger partial charge in [-0.3, -0.25) is 4.79 Å². The van der Waals surface area contributed by atoms with Gasteiger partial charge in [-0.05, 0) is 86.5 Å². The van der Waals surface area contributed by atoms with E-state index in [1.54, 1.807) is 0 Å². The predicted molar refractivity (Wildman–Crippen MR) is 186 cm³/mol. The summed E-state index contributed by atoms with van der Waals surface area (Å²) in [5.41, 5.74) is 4.55. The van der Waals surface area contributed by atoms with Crippen molar-refractivity contribution in [2.24, 2.45) is 11.8 Å². The number of benzene rings is 3. The van der Waals surface area contributed by atoms with E-state index in [1.807, 2.05) is 20.8 Å². The van der Waals surface area contributed by atoms with Crippen molar-refractivity contribution in [2.45, 2.75) is 109 Å². The minimum Gasteiger partial charge on any atom is -0.469 e. The van der Waals surface area contributed by atoms with E-state index in [1.165, 1.54) is 23.8 Å². The molecule has 3 aromatic carbocycles.